The number of ether oxygens (including phenoxy) is 1. The van der Waals surface area contributed by atoms with Gasteiger partial charge in [0.15, 0.2) is 0 Å². The average molecular weight is 279 g/mol. The third-order valence-electron chi connectivity index (χ3n) is 2.95. The van der Waals surface area contributed by atoms with Crippen LogP contribution in [0.3, 0.4) is 0 Å². The highest BCUT2D eigenvalue weighted by Crippen LogP contribution is 2.03. The van der Waals surface area contributed by atoms with E-state index in [1.54, 1.807) is 6.07 Å². The molecule has 0 spiro atoms. The van der Waals surface area contributed by atoms with Crippen LogP contribution in [0, 0.1) is 0 Å². The van der Waals surface area contributed by atoms with Gasteiger partial charge in [-0.25, -0.2) is 9.78 Å². The summed E-state index contributed by atoms with van der Waals surface area (Å²) in [5.74, 6) is -1.16. The molecule has 20 heavy (non-hydrogen) atoms. The van der Waals surface area contributed by atoms with Crippen molar-refractivity contribution >= 4 is 11.9 Å². The summed E-state index contributed by atoms with van der Waals surface area (Å²) in [5, 5.41) is 14.6. The van der Waals surface area contributed by atoms with Gasteiger partial charge in [0.25, 0.3) is 0 Å². The summed E-state index contributed by atoms with van der Waals surface area (Å²) in [6, 6.07) is 3.05. The summed E-state index contributed by atoms with van der Waals surface area (Å²) in [4.78, 5) is 26.2. The SMILES string of the molecule is O=C(CC1CNCCO1)NCc1ccc(C(=O)O)nc1. The minimum absolute atomic E-state index is 0.0123. The van der Waals surface area contributed by atoms with E-state index in [2.05, 4.69) is 15.6 Å². The van der Waals surface area contributed by atoms with Gasteiger partial charge in [-0.15, -0.1) is 0 Å². The smallest absolute Gasteiger partial charge is 0.354 e. The molecule has 1 amide bonds. The van der Waals surface area contributed by atoms with Gasteiger partial charge >= 0.3 is 5.97 Å². The number of pyridine rings is 1. The molecule has 1 fully saturated rings. The van der Waals surface area contributed by atoms with E-state index in [0.29, 0.717) is 26.1 Å². The van der Waals surface area contributed by atoms with Crippen LogP contribution in [0.1, 0.15) is 22.5 Å². The number of amides is 1. The minimum atomic E-state index is -1.07. The summed E-state index contributed by atoms with van der Waals surface area (Å²) in [7, 11) is 0. The molecule has 1 atom stereocenters. The summed E-state index contributed by atoms with van der Waals surface area (Å²) in [6.45, 7) is 2.45. The number of nitrogens with one attached hydrogen (secondary N) is 2. The molecule has 7 nitrogen and oxygen atoms in total. The molecular weight excluding hydrogens is 262 g/mol. The van der Waals surface area contributed by atoms with Crippen molar-refractivity contribution in [1.82, 2.24) is 15.6 Å². The monoisotopic (exact) mass is 279 g/mol. The van der Waals surface area contributed by atoms with Gasteiger partial charge in [0.1, 0.15) is 5.69 Å². The maximum atomic E-state index is 11.7. The number of rotatable bonds is 5. The summed E-state index contributed by atoms with van der Waals surface area (Å²) in [5.41, 5.74) is 0.743. The van der Waals surface area contributed by atoms with Crippen molar-refractivity contribution in [2.24, 2.45) is 0 Å². The quantitative estimate of drug-likeness (QED) is 0.688. The maximum Gasteiger partial charge on any atom is 0.354 e. The first-order valence-electron chi connectivity index (χ1n) is 6.42. The molecule has 1 aliphatic heterocycles. The van der Waals surface area contributed by atoms with Crippen molar-refractivity contribution < 1.29 is 19.4 Å². The zero-order valence-corrected chi connectivity index (χ0v) is 11.0. The topological polar surface area (TPSA) is 101 Å². The van der Waals surface area contributed by atoms with Crippen molar-refractivity contribution in [3.8, 4) is 0 Å². The number of aromatic nitrogens is 1. The van der Waals surface area contributed by atoms with Gasteiger partial charge in [-0.3, -0.25) is 4.79 Å². The molecule has 0 aromatic carbocycles. The minimum Gasteiger partial charge on any atom is -0.477 e. The molecule has 7 heteroatoms. The first-order chi connectivity index (χ1) is 9.65. The average Bonchev–Trinajstić information content (AvgIpc) is 2.46. The molecule has 2 heterocycles. The lowest BCUT2D eigenvalue weighted by atomic mass is 10.2. The molecule has 0 radical (unpaired) electrons. The van der Waals surface area contributed by atoms with Crippen molar-refractivity contribution in [3.63, 3.8) is 0 Å². The van der Waals surface area contributed by atoms with Crippen LogP contribution in [-0.4, -0.2) is 47.8 Å². The Balaban J connectivity index is 1.76. The standard InChI is InChI=1S/C13H17N3O4/c17-12(5-10-8-14-3-4-20-10)16-7-9-1-2-11(13(18)19)15-6-9/h1-2,6,10,14H,3-5,7-8H2,(H,16,17)(H,18,19). The Labute approximate surface area is 116 Å². The number of hydrogen-bond acceptors (Lipinski definition) is 5. The van der Waals surface area contributed by atoms with E-state index in [1.165, 1.54) is 12.3 Å². The molecule has 1 aliphatic rings. The zero-order chi connectivity index (χ0) is 14.4. The van der Waals surface area contributed by atoms with Crippen molar-refractivity contribution in [3.05, 3.63) is 29.6 Å². The molecule has 1 saturated heterocycles. The number of hydrogen-bond donors (Lipinski definition) is 3. The van der Waals surface area contributed by atoms with Crippen LogP contribution in [0.25, 0.3) is 0 Å². The number of carbonyl (C=O) groups is 2. The first-order valence-corrected chi connectivity index (χ1v) is 6.42. The largest absolute Gasteiger partial charge is 0.477 e. The Kier molecular flexibility index (Phi) is 5.03. The number of aromatic carboxylic acids is 1. The summed E-state index contributed by atoms with van der Waals surface area (Å²) < 4.78 is 5.44. The van der Waals surface area contributed by atoms with E-state index in [9.17, 15) is 9.59 Å². The lowest BCUT2D eigenvalue weighted by Crippen LogP contribution is -2.41. The fraction of sp³-hybridized carbons (Fsp3) is 0.462. The van der Waals surface area contributed by atoms with E-state index >= 15 is 0 Å². The van der Waals surface area contributed by atoms with Crippen LogP contribution in [0.15, 0.2) is 18.3 Å². The van der Waals surface area contributed by atoms with E-state index in [4.69, 9.17) is 9.84 Å². The second kappa shape index (κ2) is 6.97. The van der Waals surface area contributed by atoms with Gasteiger partial charge in [0.2, 0.25) is 5.91 Å². The lowest BCUT2D eigenvalue weighted by Gasteiger charge is -2.23. The highest BCUT2D eigenvalue weighted by molar-refractivity contribution is 5.85. The fourth-order valence-corrected chi connectivity index (χ4v) is 1.89. The van der Waals surface area contributed by atoms with Gasteiger partial charge in [-0.1, -0.05) is 6.07 Å². The van der Waals surface area contributed by atoms with Crippen molar-refractivity contribution in [2.75, 3.05) is 19.7 Å². The van der Waals surface area contributed by atoms with Crippen LogP contribution in [0.4, 0.5) is 0 Å². The van der Waals surface area contributed by atoms with E-state index in [0.717, 1.165) is 12.1 Å². The molecule has 0 bridgehead atoms. The van der Waals surface area contributed by atoms with Crippen LogP contribution in [-0.2, 0) is 16.1 Å². The molecule has 1 aromatic rings. The molecule has 0 aliphatic carbocycles. The Hall–Kier alpha value is -1.99. The highest BCUT2D eigenvalue weighted by atomic mass is 16.5. The molecular formula is C13H17N3O4. The second-order valence-electron chi connectivity index (χ2n) is 4.53. The van der Waals surface area contributed by atoms with E-state index in [-0.39, 0.29) is 17.7 Å². The van der Waals surface area contributed by atoms with Crippen LogP contribution >= 0.6 is 0 Å². The summed E-state index contributed by atoms with van der Waals surface area (Å²) >= 11 is 0. The van der Waals surface area contributed by atoms with Gasteiger partial charge in [0.05, 0.1) is 19.1 Å². The van der Waals surface area contributed by atoms with Gasteiger partial charge < -0.3 is 20.5 Å². The lowest BCUT2D eigenvalue weighted by molar-refractivity contribution is -0.124. The Morgan fingerprint density at radius 1 is 1.50 bits per heavy atom. The van der Waals surface area contributed by atoms with Gasteiger partial charge in [-0.2, -0.15) is 0 Å². The molecule has 1 unspecified atom stereocenters. The predicted molar refractivity (Wildman–Crippen MR) is 70.3 cm³/mol. The Bertz CT molecular complexity index is 469. The van der Waals surface area contributed by atoms with Gasteiger partial charge in [-0.05, 0) is 11.6 Å². The van der Waals surface area contributed by atoms with Crippen molar-refractivity contribution in [1.29, 1.82) is 0 Å². The molecule has 2 rings (SSSR count). The normalized spacial score (nSPS) is 18.5. The predicted octanol–water partition coefficient (Wildman–Crippen LogP) is -0.225. The van der Waals surface area contributed by atoms with E-state index < -0.39 is 5.97 Å². The highest BCUT2D eigenvalue weighted by Gasteiger charge is 2.17. The zero-order valence-electron chi connectivity index (χ0n) is 11.0. The fourth-order valence-electron chi connectivity index (χ4n) is 1.89. The van der Waals surface area contributed by atoms with Crippen molar-refractivity contribution in [2.45, 2.75) is 19.1 Å². The third-order valence-corrected chi connectivity index (χ3v) is 2.95. The number of morpholine rings is 1. The third kappa shape index (κ3) is 4.29. The summed E-state index contributed by atoms with van der Waals surface area (Å²) in [6.07, 6.45) is 1.67. The number of carboxylic acids is 1. The molecule has 0 saturated carbocycles. The number of carboxylic acid groups (broad SMARTS) is 1. The molecule has 1 aromatic heterocycles. The van der Waals surface area contributed by atoms with Gasteiger partial charge in [0, 0.05) is 25.8 Å². The van der Waals surface area contributed by atoms with E-state index in [1.807, 2.05) is 0 Å². The van der Waals surface area contributed by atoms with Crippen LogP contribution < -0.4 is 10.6 Å². The van der Waals surface area contributed by atoms with Crippen LogP contribution in [0.5, 0.6) is 0 Å². The first kappa shape index (κ1) is 14.4. The second-order valence-corrected chi connectivity index (χ2v) is 4.53. The molecule has 3 N–H and O–H groups in total. The Morgan fingerprint density at radius 3 is 2.95 bits per heavy atom. The number of nitrogens with zero attached hydrogens (tertiary/aromatic N) is 1. The molecule has 108 valence electrons. The maximum absolute atomic E-state index is 11.7. The Morgan fingerprint density at radius 2 is 2.35 bits per heavy atom. The van der Waals surface area contributed by atoms with Crippen LogP contribution in [0.2, 0.25) is 0 Å². The number of carbonyl (C=O) groups excluding carboxylic acids is 1.